The zero-order valence-corrected chi connectivity index (χ0v) is 10.7. The molecule has 2 aromatic heterocycles. The zero-order chi connectivity index (χ0) is 15.3. The highest BCUT2D eigenvalue weighted by atomic mass is 19.4. The summed E-state index contributed by atoms with van der Waals surface area (Å²) < 4.78 is 45.9. The molecule has 21 heavy (non-hydrogen) atoms. The average Bonchev–Trinajstić information content (AvgIpc) is 2.96. The van der Waals surface area contributed by atoms with Crippen LogP contribution in [0.15, 0.2) is 41.1 Å². The van der Waals surface area contributed by atoms with E-state index in [0.717, 1.165) is 0 Å². The van der Waals surface area contributed by atoms with Crippen molar-refractivity contribution in [3.8, 4) is 5.88 Å². The summed E-state index contributed by atoms with van der Waals surface area (Å²) in [7, 11) is 0. The normalized spacial score (nSPS) is 11.2. The fourth-order valence-corrected chi connectivity index (χ4v) is 1.51. The Labute approximate surface area is 117 Å². The van der Waals surface area contributed by atoms with Crippen molar-refractivity contribution in [2.45, 2.75) is 12.7 Å². The molecule has 1 N–H and O–H groups in total. The summed E-state index contributed by atoms with van der Waals surface area (Å²) >= 11 is 0. The van der Waals surface area contributed by atoms with Crippen LogP contribution in [0.5, 0.6) is 5.88 Å². The number of furan rings is 1. The lowest BCUT2D eigenvalue weighted by atomic mass is 10.2. The van der Waals surface area contributed by atoms with E-state index >= 15 is 0 Å². The Balaban J connectivity index is 1.98. The van der Waals surface area contributed by atoms with Crippen molar-refractivity contribution >= 4 is 5.91 Å². The second-order valence-corrected chi connectivity index (χ2v) is 4.03. The molecule has 0 unspecified atom stereocenters. The molecule has 0 aliphatic heterocycles. The maximum atomic E-state index is 12.1. The van der Waals surface area contributed by atoms with E-state index in [1.165, 1.54) is 30.7 Å². The predicted octanol–water partition coefficient (Wildman–Crippen LogP) is 2.55. The highest BCUT2D eigenvalue weighted by Gasteiger charge is 2.29. The fourth-order valence-electron chi connectivity index (χ4n) is 1.51. The molecule has 8 heteroatoms. The van der Waals surface area contributed by atoms with E-state index in [4.69, 9.17) is 4.42 Å². The Morgan fingerprint density at radius 1 is 1.33 bits per heavy atom. The van der Waals surface area contributed by atoms with Gasteiger partial charge in [-0.25, -0.2) is 4.98 Å². The first-order valence-corrected chi connectivity index (χ1v) is 5.91. The molecule has 0 fully saturated rings. The van der Waals surface area contributed by atoms with Crippen LogP contribution in [0.2, 0.25) is 0 Å². The molecular formula is C13H11F3N2O3. The highest BCUT2D eigenvalue weighted by Crippen LogP contribution is 2.19. The van der Waals surface area contributed by atoms with Gasteiger partial charge in [-0.3, -0.25) is 4.79 Å². The zero-order valence-electron chi connectivity index (χ0n) is 10.7. The van der Waals surface area contributed by atoms with Gasteiger partial charge in [-0.15, -0.1) is 0 Å². The maximum Gasteiger partial charge on any atom is 0.422 e. The van der Waals surface area contributed by atoms with Gasteiger partial charge in [0.2, 0.25) is 5.88 Å². The Hall–Kier alpha value is -2.51. The van der Waals surface area contributed by atoms with Gasteiger partial charge in [0.25, 0.3) is 5.91 Å². The highest BCUT2D eigenvalue weighted by molar-refractivity contribution is 5.91. The van der Waals surface area contributed by atoms with Crippen LogP contribution in [0.4, 0.5) is 13.2 Å². The van der Waals surface area contributed by atoms with Crippen LogP contribution < -0.4 is 10.1 Å². The van der Waals surface area contributed by atoms with Crippen molar-refractivity contribution in [1.29, 1.82) is 0 Å². The molecule has 0 bridgehead atoms. The topological polar surface area (TPSA) is 64.4 Å². The Morgan fingerprint density at radius 2 is 2.14 bits per heavy atom. The number of amides is 1. The minimum absolute atomic E-state index is 0.0272. The van der Waals surface area contributed by atoms with Crippen molar-refractivity contribution in [2.24, 2.45) is 0 Å². The van der Waals surface area contributed by atoms with E-state index in [9.17, 15) is 18.0 Å². The minimum atomic E-state index is -4.45. The van der Waals surface area contributed by atoms with E-state index in [0.29, 0.717) is 5.56 Å². The number of hydrogen-bond acceptors (Lipinski definition) is 4. The third-order valence-corrected chi connectivity index (χ3v) is 2.41. The SMILES string of the molecule is O=C(NCc1cccnc1OCC(F)(F)F)c1ccco1. The number of rotatable bonds is 5. The molecule has 2 heterocycles. The largest absolute Gasteiger partial charge is 0.468 e. The van der Waals surface area contributed by atoms with Crippen LogP contribution in [-0.2, 0) is 6.54 Å². The van der Waals surface area contributed by atoms with E-state index < -0.39 is 18.7 Å². The van der Waals surface area contributed by atoms with Gasteiger partial charge < -0.3 is 14.5 Å². The van der Waals surface area contributed by atoms with Crippen molar-refractivity contribution in [3.05, 3.63) is 48.0 Å². The van der Waals surface area contributed by atoms with Gasteiger partial charge in [0.1, 0.15) is 0 Å². The molecule has 0 spiro atoms. The second kappa shape index (κ2) is 6.29. The predicted molar refractivity (Wildman–Crippen MR) is 65.7 cm³/mol. The quantitative estimate of drug-likeness (QED) is 0.921. The van der Waals surface area contributed by atoms with E-state index in [-0.39, 0.29) is 18.2 Å². The van der Waals surface area contributed by atoms with E-state index in [1.54, 1.807) is 6.07 Å². The van der Waals surface area contributed by atoms with Crippen LogP contribution in [-0.4, -0.2) is 23.7 Å². The monoisotopic (exact) mass is 300 g/mol. The number of nitrogens with zero attached hydrogens (tertiary/aromatic N) is 1. The molecular weight excluding hydrogens is 289 g/mol. The van der Waals surface area contributed by atoms with Crippen LogP contribution in [0.25, 0.3) is 0 Å². The number of halogens is 3. The van der Waals surface area contributed by atoms with E-state index in [2.05, 4.69) is 15.0 Å². The fraction of sp³-hybridized carbons (Fsp3) is 0.231. The third kappa shape index (κ3) is 4.51. The van der Waals surface area contributed by atoms with Gasteiger partial charge in [0, 0.05) is 18.3 Å². The smallest absolute Gasteiger partial charge is 0.422 e. The molecule has 2 rings (SSSR count). The second-order valence-electron chi connectivity index (χ2n) is 4.03. The summed E-state index contributed by atoms with van der Waals surface area (Å²) in [6, 6.07) is 6.08. The van der Waals surface area contributed by atoms with Gasteiger partial charge in [-0.2, -0.15) is 13.2 Å². The first-order valence-electron chi connectivity index (χ1n) is 5.91. The van der Waals surface area contributed by atoms with Gasteiger partial charge in [0.05, 0.1) is 6.26 Å². The average molecular weight is 300 g/mol. The number of carbonyl (C=O) groups is 1. The molecule has 0 aliphatic carbocycles. The molecule has 5 nitrogen and oxygen atoms in total. The van der Waals surface area contributed by atoms with Gasteiger partial charge in [-0.05, 0) is 18.2 Å². The van der Waals surface area contributed by atoms with Crippen LogP contribution in [0.3, 0.4) is 0 Å². The lowest BCUT2D eigenvalue weighted by molar-refractivity contribution is -0.154. The van der Waals surface area contributed by atoms with E-state index in [1.807, 2.05) is 0 Å². The number of pyridine rings is 1. The Morgan fingerprint density at radius 3 is 2.81 bits per heavy atom. The summed E-state index contributed by atoms with van der Waals surface area (Å²) in [5, 5.41) is 2.50. The summed E-state index contributed by atoms with van der Waals surface area (Å²) in [6.07, 6.45) is -1.80. The third-order valence-electron chi connectivity index (χ3n) is 2.41. The van der Waals surface area contributed by atoms with Crippen molar-refractivity contribution in [3.63, 3.8) is 0 Å². The summed E-state index contributed by atoms with van der Waals surface area (Å²) in [4.78, 5) is 15.4. The molecule has 0 aromatic carbocycles. The Bertz CT molecular complexity index is 597. The number of carbonyl (C=O) groups excluding carboxylic acids is 1. The number of hydrogen-bond donors (Lipinski definition) is 1. The molecule has 2 aromatic rings. The van der Waals surface area contributed by atoms with Crippen LogP contribution in [0.1, 0.15) is 16.1 Å². The molecule has 0 atom stereocenters. The number of aromatic nitrogens is 1. The van der Waals surface area contributed by atoms with Crippen molar-refractivity contribution < 1.29 is 27.1 Å². The molecule has 0 radical (unpaired) electrons. The minimum Gasteiger partial charge on any atom is -0.468 e. The summed E-state index contributed by atoms with van der Waals surface area (Å²) in [5.41, 5.74) is 0.335. The number of ether oxygens (including phenoxy) is 1. The van der Waals surface area contributed by atoms with Crippen molar-refractivity contribution in [2.75, 3.05) is 6.61 Å². The molecule has 0 aliphatic rings. The number of nitrogens with one attached hydrogen (secondary N) is 1. The Kier molecular flexibility index (Phi) is 4.46. The van der Waals surface area contributed by atoms with Crippen LogP contribution in [0, 0.1) is 0 Å². The summed E-state index contributed by atoms with van der Waals surface area (Å²) in [5.74, 6) is -0.545. The van der Waals surface area contributed by atoms with Gasteiger partial charge in [0.15, 0.2) is 12.4 Å². The lowest BCUT2D eigenvalue weighted by Crippen LogP contribution is -2.24. The first kappa shape index (κ1) is 14.9. The lowest BCUT2D eigenvalue weighted by Gasteiger charge is -2.12. The first-order chi connectivity index (χ1) is 9.96. The molecule has 112 valence electrons. The molecule has 0 saturated heterocycles. The van der Waals surface area contributed by atoms with Crippen LogP contribution >= 0.6 is 0 Å². The number of alkyl halides is 3. The maximum absolute atomic E-state index is 12.1. The van der Waals surface area contributed by atoms with Crippen molar-refractivity contribution in [1.82, 2.24) is 10.3 Å². The van der Waals surface area contributed by atoms with Gasteiger partial charge in [-0.1, -0.05) is 6.07 Å². The molecule has 0 saturated carbocycles. The molecule has 1 amide bonds. The van der Waals surface area contributed by atoms with Gasteiger partial charge >= 0.3 is 6.18 Å². The standard InChI is InChI=1S/C13H11F3N2O3/c14-13(15,16)8-21-12-9(3-1-5-17-12)7-18-11(19)10-4-2-6-20-10/h1-6H,7-8H2,(H,18,19). The summed E-state index contributed by atoms with van der Waals surface area (Å²) in [6.45, 7) is -1.47.